The standard InChI is InChI=1S/C25H28N2O6S2/c1-2-32-16-8-15-26-24(29)22-18-11-6-7-12-20(18)34-25(22)27-23(28)19-13-14-21(33-19)35(30,31)17-9-4-3-5-10-17/h3-5,9-10,13-14H,2,6-8,11-12,15-16H2,1H3,(H,26,29)(H,27,28). The molecule has 3 aromatic rings. The number of furan rings is 1. The zero-order valence-electron chi connectivity index (χ0n) is 19.5. The van der Waals surface area contributed by atoms with Crippen LogP contribution in [0.5, 0.6) is 0 Å². The van der Waals surface area contributed by atoms with Crippen LogP contribution in [0, 0.1) is 0 Å². The van der Waals surface area contributed by atoms with Crippen LogP contribution in [0.25, 0.3) is 0 Å². The molecule has 10 heteroatoms. The fourth-order valence-electron chi connectivity index (χ4n) is 3.97. The molecule has 0 atom stereocenters. The van der Waals surface area contributed by atoms with Crippen LogP contribution in [0.1, 0.15) is 57.5 Å². The Hall–Kier alpha value is -2.95. The Balaban J connectivity index is 1.53. The molecule has 2 amide bonds. The van der Waals surface area contributed by atoms with E-state index in [1.165, 1.54) is 35.6 Å². The number of carbonyl (C=O) groups is 2. The molecule has 1 aliphatic rings. The Kier molecular flexibility index (Phi) is 8.04. The van der Waals surface area contributed by atoms with Crippen LogP contribution in [0.2, 0.25) is 0 Å². The van der Waals surface area contributed by atoms with Crippen molar-refractivity contribution < 1.29 is 27.2 Å². The predicted octanol–water partition coefficient (Wildman–Crippen LogP) is 4.46. The topological polar surface area (TPSA) is 115 Å². The first-order valence-electron chi connectivity index (χ1n) is 11.6. The van der Waals surface area contributed by atoms with Gasteiger partial charge in [0, 0.05) is 24.6 Å². The van der Waals surface area contributed by atoms with Crippen LogP contribution >= 0.6 is 11.3 Å². The lowest BCUT2D eigenvalue weighted by molar-refractivity contribution is 0.0944. The summed E-state index contributed by atoms with van der Waals surface area (Å²) in [5, 5.41) is 5.85. The van der Waals surface area contributed by atoms with E-state index in [0.29, 0.717) is 36.7 Å². The largest absolute Gasteiger partial charge is 0.439 e. The smallest absolute Gasteiger partial charge is 0.292 e. The molecule has 4 rings (SSSR count). The normalized spacial score (nSPS) is 13.3. The molecule has 1 aromatic carbocycles. The maximum Gasteiger partial charge on any atom is 0.292 e. The summed E-state index contributed by atoms with van der Waals surface area (Å²) in [5.74, 6) is -0.986. The van der Waals surface area contributed by atoms with Crippen LogP contribution in [-0.2, 0) is 27.4 Å². The van der Waals surface area contributed by atoms with E-state index in [1.807, 2.05) is 6.92 Å². The maximum absolute atomic E-state index is 13.0. The third-order valence-electron chi connectivity index (χ3n) is 5.70. The Bertz CT molecular complexity index is 1290. The van der Waals surface area contributed by atoms with Gasteiger partial charge in [-0.1, -0.05) is 18.2 Å². The number of amides is 2. The summed E-state index contributed by atoms with van der Waals surface area (Å²) in [4.78, 5) is 27.2. The Morgan fingerprint density at radius 3 is 2.60 bits per heavy atom. The van der Waals surface area contributed by atoms with E-state index >= 15 is 0 Å². The number of aryl methyl sites for hydroxylation is 1. The fraction of sp³-hybridized carbons (Fsp3) is 0.360. The van der Waals surface area contributed by atoms with Gasteiger partial charge in [-0.15, -0.1) is 11.3 Å². The van der Waals surface area contributed by atoms with Gasteiger partial charge in [-0.05, 0) is 68.9 Å². The number of hydrogen-bond acceptors (Lipinski definition) is 7. The Morgan fingerprint density at radius 1 is 1.06 bits per heavy atom. The average molecular weight is 517 g/mol. The predicted molar refractivity (Wildman–Crippen MR) is 133 cm³/mol. The van der Waals surface area contributed by atoms with E-state index in [2.05, 4.69) is 10.6 Å². The van der Waals surface area contributed by atoms with Gasteiger partial charge >= 0.3 is 0 Å². The second-order valence-electron chi connectivity index (χ2n) is 8.11. The highest BCUT2D eigenvalue weighted by atomic mass is 32.2. The fourth-order valence-corrected chi connectivity index (χ4v) is 6.45. The molecule has 2 N–H and O–H groups in total. The molecule has 0 spiro atoms. The van der Waals surface area contributed by atoms with Crippen molar-refractivity contribution in [1.29, 1.82) is 0 Å². The van der Waals surface area contributed by atoms with Gasteiger partial charge in [0.1, 0.15) is 5.00 Å². The summed E-state index contributed by atoms with van der Waals surface area (Å²) in [6.07, 6.45) is 4.36. The minimum Gasteiger partial charge on any atom is -0.439 e. The number of fused-ring (bicyclic) bond motifs is 1. The van der Waals surface area contributed by atoms with Gasteiger partial charge in [-0.25, -0.2) is 8.42 Å². The third-order valence-corrected chi connectivity index (χ3v) is 8.55. The van der Waals surface area contributed by atoms with Crippen molar-refractivity contribution in [2.45, 2.75) is 49.0 Å². The van der Waals surface area contributed by atoms with E-state index in [9.17, 15) is 18.0 Å². The summed E-state index contributed by atoms with van der Waals surface area (Å²) in [6, 6.07) is 10.5. The van der Waals surface area contributed by atoms with E-state index in [4.69, 9.17) is 9.15 Å². The molecular weight excluding hydrogens is 488 g/mol. The average Bonchev–Trinajstić information content (AvgIpc) is 3.50. The molecule has 0 aliphatic heterocycles. The van der Waals surface area contributed by atoms with Gasteiger partial charge in [0.15, 0.2) is 5.76 Å². The summed E-state index contributed by atoms with van der Waals surface area (Å²) < 4.78 is 36.3. The maximum atomic E-state index is 13.0. The number of hydrogen-bond donors (Lipinski definition) is 2. The van der Waals surface area contributed by atoms with Crippen molar-refractivity contribution in [3.63, 3.8) is 0 Å². The molecule has 0 saturated heterocycles. The Morgan fingerprint density at radius 2 is 1.83 bits per heavy atom. The first kappa shape index (κ1) is 25.2. The molecule has 2 aromatic heterocycles. The molecule has 0 saturated carbocycles. The van der Waals surface area contributed by atoms with E-state index < -0.39 is 15.7 Å². The molecule has 0 bridgehead atoms. The number of benzene rings is 1. The molecule has 0 unspecified atom stereocenters. The molecular formula is C25H28N2O6S2. The van der Waals surface area contributed by atoms with Crippen molar-refractivity contribution in [3.05, 3.63) is 64.2 Å². The molecule has 8 nitrogen and oxygen atoms in total. The summed E-state index contributed by atoms with van der Waals surface area (Å²) >= 11 is 1.39. The zero-order valence-corrected chi connectivity index (χ0v) is 21.1. The lowest BCUT2D eigenvalue weighted by Gasteiger charge is -2.13. The van der Waals surface area contributed by atoms with Crippen molar-refractivity contribution in [1.82, 2.24) is 5.32 Å². The van der Waals surface area contributed by atoms with Gasteiger partial charge in [-0.2, -0.15) is 0 Å². The van der Waals surface area contributed by atoms with Gasteiger partial charge in [0.05, 0.1) is 10.5 Å². The van der Waals surface area contributed by atoms with E-state index in [0.717, 1.165) is 36.1 Å². The van der Waals surface area contributed by atoms with Crippen molar-refractivity contribution >= 4 is 38.0 Å². The highest BCUT2D eigenvalue weighted by molar-refractivity contribution is 7.91. The number of rotatable bonds is 10. The van der Waals surface area contributed by atoms with Gasteiger partial charge < -0.3 is 19.8 Å². The molecule has 1 aliphatic carbocycles. The first-order valence-corrected chi connectivity index (χ1v) is 13.9. The molecule has 0 fully saturated rings. The molecule has 186 valence electrons. The number of carbonyl (C=O) groups excluding carboxylic acids is 2. The molecule has 0 radical (unpaired) electrons. The van der Waals surface area contributed by atoms with Gasteiger partial charge in [0.2, 0.25) is 14.9 Å². The summed E-state index contributed by atoms with van der Waals surface area (Å²) in [6.45, 7) is 3.58. The first-order chi connectivity index (χ1) is 16.9. The minimum absolute atomic E-state index is 0.0792. The molecule has 35 heavy (non-hydrogen) atoms. The second kappa shape index (κ2) is 11.2. The van der Waals surface area contributed by atoms with E-state index in [1.54, 1.807) is 18.2 Å². The van der Waals surface area contributed by atoms with Gasteiger partial charge in [0.25, 0.3) is 11.8 Å². The van der Waals surface area contributed by atoms with Crippen molar-refractivity contribution in [3.8, 4) is 0 Å². The van der Waals surface area contributed by atoms with Crippen LogP contribution in [0.3, 0.4) is 0 Å². The number of anilines is 1. The monoisotopic (exact) mass is 516 g/mol. The lowest BCUT2D eigenvalue weighted by atomic mass is 9.95. The van der Waals surface area contributed by atoms with Crippen molar-refractivity contribution in [2.75, 3.05) is 25.1 Å². The SMILES string of the molecule is CCOCCCNC(=O)c1c(NC(=O)c2ccc(S(=O)(=O)c3ccccc3)o2)sc2c1CCCC2. The highest BCUT2D eigenvalue weighted by Gasteiger charge is 2.28. The number of ether oxygens (including phenoxy) is 1. The zero-order chi connectivity index (χ0) is 24.8. The minimum atomic E-state index is -3.88. The van der Waals surface area contributed by atoms with E-state index in [-0.39, 0.29) is 21.7 Å². The van der Waals surface area contributed by atoms with Crippen LogP contribution in [0.4, 0.5) is 5.00 Å². The quantitative estimate of drug-likeness (QED) is 0.385. The highest BCUT2D eigenvalue weighted by Crippen LogP contribution is 2.38. The molecule has 2 heterocycles. The van der Waals surface area contributed by atoms with Crippen LogP contribution in [0.15, 0.2) is 56.9 Å². The number of sulfone groups is 1. The van der Waals surface area contributed by atoms with Crippen LogP contribution in [-0.4, -0.2) is 40.0 Å². The number of nitrogens with one attached hydrogen (secondary N) is 2. The Labute approximate surface area is 208 Å². The van der Waals surface area contributed by atoms with Crippen molar-refractivity contribution in [2.24, 2.45) is 0 Å². The second-order valence-corrected chi connectivity index (χ2v) is 11.1. The number of thiophene rings is 1. The van der Waals surface area contributed by atoms with Crippen LogP contribution < -0.4 is 10.6 Å². The van der Waals surface area contributed by atoms with Gasteiger partial charge in [-0.3, -0.25) is 9.59 Å². The summed E-state index contributed by atoms with van der Waals surface area (Å²) in [5.41, 5.74) is 1.46. The summed E-state index contributed by atoms with van der Waals surface area (Å²) in [7, 11) is -3.88. The third kappa shape index (κ3) is 5.66. The lowest BCUT2D eigenvalue weighted by Crippen LogP contribution is -2.27.